The Hall–Kier alpha value is -2.05. The maximum absolute atomic E-state index is 12.4. The Labute approximate surface area is 143 Å². The fourth-order valence-corrected chi connectivity index (χ4v) is 2.64. The molecule has 0 unspecified atom stereocenters. The molecule has 0 aliphatic heterocycles. The van der Waals surface area contributed by atoms with Crippen molar-refractivity contribution in [2.24, 2.45) is 0 Å². The number of carbonyl (C=O) groups excluding carboxylic acids is 1. The van der Waals surface area contributed by atoms with E-state index in [0.29, 0.717) is 33.8 Å². The van der Waals surface area contributed by atoms with E-state index in [1.807, 2.05) is 6.92 Å². The standard InChI is InChI=1S/C17H18BrNO4/c1-3-23-16-14(18)8-12(9-15(16)22-2)17(21)19-13-6-4-5-11(7-13)10-20/h4-9,20H,3,10H2,1-2H3,(H,19,21). The molecule has 6 heteroatoms. The number of rotatable bonds is 6. The summed E-state index contributed by atoms with van der Waals surface area (Å²) in [6.45, 7) is 2.29. The van der Waals surface area contributed by atoms with Crippen molar-refractivity contribution < 1.29 is 19.4 Å². The zero-order chi connectivity index (χ0) is 16.8. The lowest BCUT2D eigenvalue weighted by Crippen LogP contribution is -2.12. The van der Waals surface area contributed by atoms with Gasteiger partial charge >= 0.3 is 0 Å². The van der Waals surface area contributed by atoms with Crippen molar-refractivity contribution in [3.05, 3.63) is 52.0 Å². The molecule has 0 bridgehead atoms. The molecule has 0 fully saturated rings. The van der Waals surface area contributed by atoms with Crippen molar-refractivity contribution in [3.63, 3.8) is 0 Å². The minimum Gasteiger partial charge on any atom is -0.493 e. The van der Waals surface area contributed by atoms with Crippen LogP contribution < -0.4 is 14.8 Å². The van der Waals surface area contributed by atoms with E-state index in [2.05, 4.69) is 21.2 Å². The summed E-state index contributed by atoms with van der Waals surface area (Å²) >= 11 is 3.40. The lowest BCUT2D eigenvalue weighted by molar-refractivity contribution is 0.102. The first-order valence-electron chi connectivity index (χ1n) is 7.10. The molecule has 0 radical (unpaired) electrons. The first kappa shape index (κ1) is 17.3. The average molecular weight is 380 g/mol. The molecule has 0 spiro atoms. The molecule has 23 heavy (non-hydrogen) atoms. The maximum atomic E-state index is 12.4. The van der Waals surface area contributed by atoms with Crippen LogP contribution in [-0.4, -0.2) is 24.7 Å². The monoisotopic (exact) mass is 379 g/mol. The molecule has 0 aromatic heterocycles. The van der Waals surface area contributed by atoms with Crippen LogP contribution in [0, 0.1) is 0 Å². The first-order valence-corrected chi connectivity index (χ1v) is 7.89. The van der Waals surface area contributed by atoms with Gasteiger partial charge in [-0.2, -0.15) is 0 Å². The highest BCUT2D eigenvalue weighted by molar-refractivity contribution is 9.10. The first-order chi connectivity index (χ1) is 11.1. The van der Waals surface area contributed by atoms with Crippen LogP contribution in [-0.2, 0) is 6.61 Å². The Bertz CT molecular complexity index is 703. The van der Waals surface area contributed by atoms with Crippen LogP contribution >= 0.6 is 15.9 Å². The second-order valence-corrected chi connectivity index (χ2v) is 5.59. The summed E-state index contributed by atoms with van der Waals surface area (Å²) in [4.78, 5) is 12.4. The van der Waals surface area contributed by atoms with Gasteiger partial charge in [-0.05, 0) is 52.7 Å². The molecule has 2 rings (SSSR count). The van der Waals surface area contributed by atoms with Gasteiger partial charge in [0.05, 0.1) is 24.8 Å². The molecule has 0 saturated carbocycles. The highest BCUT2D eigenvalue weighted by atomic mass is 79.9. The number of halogens is 1. The van der Waals surface area contributed by atoms with E-state index in [-0.39, 0.29) is 12.5 Å². The molecule has 0 heterocycles. The van der Waals surface area contributed by atoms with Crippen molar-refractivity contribution in [1.29, 1.82) is 0 Å². The largest absolute Gasteiger partial charge is 0.493 e. The van der Waals surface area contributed by atoms with Crippen LogP contribution in [0.3, 0.4) is 0 Å². The molecule has 5 nitrogen and oxygen atoms in total. The van der Waals surface area contributed by atoms with Crippen LogP contribution in [0.2, 0.25) is 0 Å². The van der Waals surface area contributed by atoms with E-state index in [1.165, 1.54) is 7.11 Å². The van der Waals surface area contributed by atoms with Crippen LogP contribution in [0.5, 0.6) is 11.5 Å². The van der Waals surface area contributed by atoms with E-state index in [4.69, 9.17) is 14.6 Å². The number of hydrogen-bond donors (Lipinski definition) is 2. The molecule has 2 aromatic carbocycles. The van der Waals surface area contributed by atoms with Gasteiger partial charge in [0, 0.05) is 11.3 Å². The lowest BCUT2D eigenvalue weighted by atomic mass is 10.1. The van der Waals surface area contributed by atoms with Gasteiger partial charge in [-0.25, -0.2) is 0 Å². The molecule has 122 valence electrons. The minimum absolute atomic E-state index is 0.0772. The van der Waals surface area contributed by atoms with E-state index in [0.717, 1.165) is 5.56 Å². The normalized spacial score (nSPS) is 10.3. The number of methoxy groups -OCH3 is 1. The number of carbonyl (C=O) groups is 1. The van der Waals surface area contributed by atoms with Gasteiger partial charge in [-0.15, -0.1) is 0 Å². The van der Waals surface area contributed by atoms with Crippen LogP contribution in [0.4, 0.5) is 5.69 Å². The fraction of sp³-hybridized carbons (Fsp3) is 0.235. The summed E-state index contributed by atoms with van der Waals surface area (Å²) in [5.74, 6) is 0.770. The smallest absolute Gasteiger partial charge is 0.255 e. The average Bonchev–Trinajstić information content (AvgIpc) is 2.56. The molecule has 2 aromatic rings. The van der Waals surface area contributed by atoms with Gasteiger partial charge in [0.2, 0.25) is 0 Å². The van der Waals surface area contributed by atoms with Crippen molar-refractivity contribution >= 4 is 27.5 Å². The number of aliphatic hydroxyl groups excluding tert-OH is 1. The maximum Gasteiger partial charge on any atom is 0.255 e. The van der Waals surface area contributed by atoms with Gasteiger partial charge in [0.15, 0.2) is 11.5 Å². The third-order valence-electron chi connectivity index (χ3n) is 3.15. The lowest BCUT2D eigenvalue weighted by Gasteiger charge is -2.13. The molecule has 0 aliphatic carbocycles. The summed E-state index contributed by atoms with van der Waals surface area (Å²) in [6.07, 6.45) is 0. The summed E-state index contributed by atoms with van der Waals surface area (Å²) in [5, 5.41) is 11.9. The molecule has 0 saturated heterocycles. The number of amides is 1. The summed E-state index contributed by atoms with van der Waals surface area (Å²) in [7, 11) is 1.52. The number of anilines is 1. The predicted molar refractivity (Wildman–Crippen MR) is 92.2 cm³/mol. The zero-order valence-electron chi connectivity index (χ0n) is 12.9. The fourth-order valence-electron chi connectivity index (χ4n) is 2.09. The Morgan fingerprint density at radius 3 is 2.74 bits per heavy atom. The molecule has 2 N–H and O–H groups in total. The SMILES string of the molecule is CCOc1c(Br)cc(C(=O)Nc2cccc(CO)c2)cc1OC. The summed E-state index contributed by atoms with van der Waals surface area (Å²) in [6, 6.07) is 10.3. The Morgan fingerprint density at radius 2 is 2.09 bits per heavy atom. The third kappa shape index (κ3) is 4.24. The molecule has 0 atom stereocenters. The Morgan fingerprint density at radius 1 is 1.30 bits per heavy atom. The number of nitrogens with one attached hydrogen (secondary N) is 1. The van der Waals surface area contributed by atoms with Gasteiger partial charge in [0.25, 0.3) is 5.91 Å². The topological polar surface area (TPSA) is 67.8 Å². The quantitative estimate of drug-likeness (QED) is 0.804. The molecule has 0 aliphatic rings. The van der Waals surface area contributed by atoms with Gasteiger partial charge in [-0.3, -0.25) is 4.79 Å². The third-order valence-corrected chi connectivity index (χ3v) is 3.74. The van der Waals surface area contributed by atoms with Crippen molar-refractivity contribution in [2.45, 2.75) is 13.5 Å². The Balaban J connectivity index is 2.26. The summed E-state index contributed by atoms with van der Waals surface area (Å²) < 4.78 is 11.4. The Kier molecular flexibility index (Phi) is 6.01. The van der Waals surface area contributed by atoms with Gasteiger partial charge in [0.1, 0.15) is 0 Å². The number of aliphatic hydroxyl groups is 1. The molecule has 1 amide bonds. The van der Waals surface area contributed by atoms with Crippen LogP contribution in [0.25, 0.3) is 0 Å². The second-order valence-electron chi connectivity index (χ2n) is 4.74. The number of hydrogen-bond acceptors (Lipinski definition) is 4. The molecular formula is C17H18BrNO4. The predicted octanol–water partition coefficient (Wildman–Crippen LogP) is 3.60. The summed E-state index contributed by atoms with van der Waals surface area (Å²) in [5.41, 5.74) is 1.78. The van der Waals surface area contributed by atoms with E-state index in [1.54, 1.807) is 36.4 Å². The van der Waals surface area contributed by atoms with E-state index in [9.17, 15) is 4.79 Å². The minimum atomic E-state index is -0.276. The highest BCUT2D eigenvalue weighted by Crippen LogP contribution is 2.36. The van der Waals surface area contributed by atoms with E-state index < -0.39 is 0 Å². The van der Waals surface area contributed by atoms with Crippen molar-refractivity contribution in [1.82, 2.24) is 0 Å². The second kappa shape index (κ2) is 7.99. The van der Waals surface area contributed by atoms with Crippen molar-refractivity contribution in [2.75, 3.05) is 19.0 Å². The van der Waals surface area contributed by atoms with E-state index >= 15 is 0 Å². The number of ether oxygens (including phenoxy) is 2. The number of benzene rings is 2. The highest BCUT2D eigenvalue weighted by Gasteiger charge is 2.15. The van der Waals surface area contributed by atoms with Gasteiger partial charge in [-0.1, -0.05) is 12.1 Å². The van der Waals surface area contributed by atoms with Gasteiger partial charge < -0.3 is 19.9 Å². The zero-order valence-corrected chi connectivity index (χ0v) is 14.5. The van der Waals surface area contributed by atoms with Crippen LogP contribution in [0.15, 0.2) is 40.9 Å². The van der Waals surface area contributed by atoms with Crippen molar-refractivity contribution in [3.8, 4) is 11.5 Å². The molecular weight excluding hydrogens is 362 g/mol. The van der Waals surface area contributed by atoms with Crippen LogP contribution in [0.1, 0.15) is 22.8 Å².